The van der Waals surface area contributed by atoms with E-state index in [1.807, 2.05) is 22.7 Å². The van der Waals surface area contributed by atoms with Crippen molar-refractivity contribution < 1.29 is 0 Å². The van der Waals surface area contributed by atoms with Crippen LogP contribution in [0.2, 0.25) is 0 Å². The molecule has 0 bridgehead atoms. The van der Waals surface area contributed by atoms with Crippen LogP contribution in [-0.4, -0.2) is 29.0 Å². The van der Waals surface area contributed by atoms with Crippen LogP contribution in [0.1, 0.15) is 125 Å². The van der Waals surface area contributed by atoms with Gasteiger partial charge < -0.3 is 0 Å². The molecule has 0 aliphatic rings. The first-order chi connectivity index (χ1) is 20.8. The molecule has 0 fully saturated rings. The Labute approximate surface area is 275 Å². The van der Waals surface area contributed by atoms with Crippen molar-refractivity contribution in [2.24, 2.45) is 0 Å². The maximum atomic E-state index is 2.48. The fourth-order valence-corrected chi connectivity index (χ4v) is 13.2. The van der Waals surface area contributed by atoms with E-state index in [0.717, 1.165) is 0 Å². The Morgan fingerprint density at radius 1 is 0.452 bits per heavy atom. The van der Waals surface area contributed by atoms with Crippen molar-refractivity contribution in [1.29, 1.82) is 0 Å². The maximum absolute atomic E-state index is 2.48. The number of thiophene rings is 2. The Bertz CT molecular complexity index is 1320. The van der Waals surface area contributed by atoms with Gasteiger partial charge in [0.25, 0.3) is 0 Å². The molecule has 0 atom stereocenters. The van der Waals surface area contributed by atoms with E-state index in [0.29, 0.717) is 29.0 Å². The van der Waals surface area contributed by atoms with Gasteiger partial charge in [-0.15, -0.1) is 0 Å². The van der Waals surface area contributed by atoms with Gasteiger partial charge in [-0.3, -0.25) is 0 Å². The summed E-state index contributed by atoms with van der Waals surface area (Å²) in [6.07, 6.45) is 25.1. The minimum absolute atomic E-state index is 0.468. The Morgan fingerprint density at radius 2 is 0.833 bits per heavy atom. The van der Waals surface area contributed by atoms with Crippen LogP contribution in [0.4, 0.5) is 0 Å². The van der Waals surface area contributed by atoms with E-state index in [2.05, 4.69) is 61.0 Å². The van der Waals surface area contributed by atoms with Crippen molar-refractivity contribution in [1.82, 2.24) is 0 Å². The monoisotopic (exact) mass is 730 g/mol. The fourth-order valence-electron chi connectivity index (χ4n) is 6.29. The van der Waals surface area contributed by atoms with E-state index in [1.54, 1.807) is 28.9 Å². The normalized spacial score (nSPS) is 11.9. The zero-order valence-corrected chi connectivity index (χ0v) is 31.0. The van der Waals surface area contributed by atoms with Gasteiger partial charge in [-0.2, -0.15) is 0 Å². The summed E-state index contributed by atoms with van der Waals surface area (Å²) in [7, 11) is 0. The summed E-state index contributed by atoms with van der Waals surface area (Å²) < 4.78 is 9.69. The first-order valence-electron chi connectivity index (χ1n) is 16.9. The Morgan fingerprint density at radius 3 is 1.24 bits per heavy atom. The van der Waals surface area contributed by atoms with E-state index >= 15 is 0 Å². The number of hydrogen-bond acceptors (Lipinski definition) is 2. The van der Waals surface area contributed by atoms with Crippen molar-refractivity contribution in [2.75, 3.05) is 0 Å². The van der Waals surface area contributed by atoms with Crippen molar-refractivity contribution in [3.05, 3.63) is 56.0 Å². The molecule has 0 saturated heterocycles. The van der Waals surface area contributed by atoms with Gasteiger partial charge in [-0.1, -0.05) is 0 Å². The molecule has 5 rings (SSSR count). The standard InChI is InChI=1S/C38H50S2Se2/c1-3-5-7-9-11-13-15-17-19-29-21-23-33(41-29)35-31-25-27-40-38(31)36(32-26-28-39-37(32)35)34-24-22-30(42-34)20-18-16-14-12-10-8-6-4-2/h21-28H,3-20H2,1-2H3. The minimum atomic E-state index is 0.468. The molecular weight excluding hydrogens is 678 g/mol. The van der Waals surface area contributed by atoms with Crippen molar-refractivity contribution in [3.8, 4) is 20.0 Å². The van der Waals surface area contributed by atoms with Crippen LogP contribution < -0.4 is 0 Å². The van der Waals surface area contributed by atoms with Gasteiger partial charge in [-0.05, 0) is 0 Å². The second-order valence-corrected chi connectivity index (χ2v) is 18.8. The first kappa shape index (κ1) is 32.5. The molecule has 0 radical (unpaired) electrons. The summed E-state index contributed by atoms with van der Waals surface area (Å²) in [6, 6.07) is 14.8. The van der Waals surface area contributed by atoms with Crippen molar-refractivity contribution in [3.63, 3.8) is 0 Å². The van der Waals surface area contributed by atoms with E-state index < -0.39 is 0 Å². The average Bonchev–Trinajstić information content (AvgIpc) is 3.82. The van der Waals surface area contributed by atoms with E-state index in [4.69, 9.17) is 0 Å². The third-order valence-corrected chi connectivity index (χ3v) is 15.4. The van der Waals surface area contributed by atoms with Gasteiger partial charge in [0, 0.05) is 0 Å². The van der Waals surface area contributed by atoms with E-state index in [9.17, 15) is 0 Å². The van der Waals surface area contributed by atoms with Crippen LogP contribution in [0.3, 0.4) is 0 Å². The SMILES string of the molecule is CCCCCCCCCCc1ccc(-c2c3ccsc3c(-c3ccc(CCCCCCCCCC)[se]3)c3ccsc23)[se]1. The summed E-state index contributed by atoms with van der Waals surface area (Å²) in [5, 5.41) is 7.70. The van der Waals surface area contributed by atoms with Gasteiger partial charge in [0.1, 0.15) is 0 Å². The Hall–Kier alpha value is -0.861. The predicted molar refractivity (Wildman–Crippen MR) is 195 cm³/mol. The molecule has 42 heavy (non-hydrogen) atoms. The molecule has 4 heterocycles. The van der Waals surface area contributed by atoms with Gasteiger partial charge in [0.2, 0.25) is 0 Å². The molecule has 0 unspecified atom stereocenters. The van der Waals surface area contributed by atoms with Crippen LogP contribution in [0.15, 0.2) is 47.2 Å². The second-order valence-electron chi connectivity index (χ2n) is 12.1. The first-order valence-corrected chi connectivity index (χ1v) is 22.1. The van der Waals surface area contributed by atoms with E-state index in [1.165, 1.54) is 136 Å². The second kappa shape index (κ2) is 17.6. The van der Waals surface area contributed by atoms with Crippen molar-refractivity contribution >= 4 is 71.9 Å². The van der Waals surface area contributed by atoms with Crippen LogP contribution in [0.5, 0.6) is 0 Å². The third-order valence-electron chi connectivity index (χ3n) is 8.69. The van der Waals surface area contributed by atoms with E-state index in [-0.39, 0.29) is 0 Å². The number of aryl methyl sites for hydroxylation is 2. The molecule has 226 valence electrons. The molecule has 0 aliphatic carbocycles. The third kappa shape index (κ3) is 8.65. The molecule has 1 aromatic carbocycles. The molecular formula is C38H50S2Se2. The molecule has 4 aromatic heterocycles. The van der Waals surface area contributed by atoms with Gasteiger partial charge >= 0.3 is 277 Å². The average molecular weight is 729 g/mol. The summed E-state index contributed by atoms with van der Waals surface area (Å²) in [5.74, 6) is 0. The Kier molecular flexibility index (Phi) is 13.6. The zero-order chi connectivity index (χ0) is 29.0. The van der Waals surface area contributed by atoms with Gasteiger partial charge in [0.15, 0.2) is 0 Å². The molecule has 0 amide bonds. The van der Waals surface area contributed by atoms with Crippen LogP contribution in [0.25, 0.3) is 40.2 Å². The topological polar surface area (TPSA) is 0 Å². The summed E-state index contributed by atoms with van der Waals surface area (Å²) in [5.41, 5.74) is 3.11. The quantitative estimate of drug-likeness (QED) is 0.0553. The molecule has 5 aromatic rings. The molecule has 0 nitrogen and oxygen atoms in total. The Balaban J connectivity index is 1.25. The molecule has 0 spiro atoms. The molecule has 4 heteroatoms. The number of rotatable bonds is 20. The molecule has 0 saturated carbocycles. The van der Waals surface area contributed by atoms with Crippen LogP contribution in [-0.2, 0) is 12.8 Å². The summed E-state index contributed by atoms with van der Waals surface area (Å²) in [6.45, 7) is 4.61. The summed E-state index contributed by atoms with van der Waals surface area (Å²) in [4.78, 5) is 0. The number of unbranched alkanes of at least 4 members (excludes halogenated alkanes) is 14. The zero-order valence-electron chi connectivity index (χ0n) is 26.0. The predicted octanol–water partition coefficient (Wildman–Crippen LogP) is 12.9. The number of hydrogen-bond donors (Lipinski definition) is 0. The summed E-state index contributed by atoms with van der Waals surface area (Å²) >= 11 is 4.87. The van der Waals surface area contributed by atoms with Crippen LogP contribution >= 0.6 is 22.7 Å². The van der Waals surface area contributed by atoms with Gasteiger partial charge in [0.05, 0.1) is 0 Å². The van der Waals surface area contributed by atoms with Crippen LogP contribution in [0, 0.1) is 0 Å². The number of fused-ring (bicyclic) bond motifs is 2. The molecule has 0 N–H and O–H groups in total. The number of benzene rings is 1. The van der Waals surface area contributed by atoms with Gasteiger partial charge in [-0.25, -0.2) is 0 Å². The molecule has 0 aliphatic heterocycles. The van der Waals surface area contributed by atoms with Crippen molar-refractivity contribution in [2.45, 2.75) is 129 Å². The fraction of sp³-hybridized carbons (Fsp3) is 0.526.